The van der Waals surface area contributed by atoms with Crippen molar-refractivity contribution in [3.8, 4) is 0 Å². The smallest absolute Gasteiger partial charge is 0.253 e. The molecule has 3 N–H and O–H groups in total. The van der Waals surface area contributed by atoms with Crippen molar-refractivity contribution in [2.75, 3.05) is 32.7 Å². The van der Waals surface area contributed by atoms with Gasteiger partial charge in [0.05, 0.1) is 6.10 Å². The summed E-state index contributed by atoms with van der Waals surface area (Å²) in [6.07, 6.45) is 0.00172. The maximum atomic E-state index is 12.7. The van der Waals surface area contributed by atoms with Gasteiger partial charge in [-0.05, 0) is 41.8 Å². The number of benzene rings is 2. The van der Waals surface area contributed by atoms with E-state index >= 15 is 0 Å². The summed E-state index contributed by atoms with van der Waals surface area (Å²) in [5, 5.41) is 16.7. The molecule has 0 bridgehead atoms. The van der Waals surface area contributed by atoms with Gasteiger partial charge in [0.2, 0.25) is 5.91 Å². The molecule has 0 spiro atoms. The number of aliphatic hydroxyl groups excluding tert-OH is 1. The number of piperazine rings is 1. The van der Waals surface area contributed by atoms with E-state index in [-0.39, 0.29) is 30.3 Å². The first-order chi connectivity index (χ1) is 15.9. The van der Waals surface area contributed by atoms with E-state index in [0.717, 1.165) is 0 Å². The van der Waals surface area contributed by atoms with Crippen molar-refractivity contribution in [1.82, 2.24) is 20.4 Å². The number of fused-ring (bicyclic) bond motifs is 1. The predicted octanol–water partition coefficient (Wildman–Crippen LogP) is 0.796. The fourth-order valence-corrected chi connectivity index (χ4v) is 4.36. The predicted molar refractivity (Wildman–Crippen MR) is 124 cm³/mol. The first-order valence-electron chi connectivity index (χ1n) is 11.3. The molecule has 2 aromatic rings. The van der Waals surface area contributed by atoms with Gasteiger partial charge in [-0.25, -0.2) is 0 Å². The quantitative estimate of drug-likeness (QED) is 0.625. The Balaban J connectivity index is 1.27. The Morgan fingerprint density at radius 2 is 1.58 bits per heavy atom. The normalized spacial score (nSPS) is 18.9. The van der Waals surface area contributed by atoms with Gasteiger partial charge in [-0.15, -0.1) is 0 Å². The first-order valence-corrected chi connectivity index (χ1v) is 11.3. The number of hydrogen-bond donors (Lipinski definition) is 3. The van der Waals surface area contributed by atoms with E-state index in [0.29, 0.717) is 50.3 Å². The van der Waals surface area contributed by atoms with E-state index in [1.54, 1.807) is 34.1 Å². The van der Waals surface area contributed by atoms with Crippen molar-refractivity contribution in [2.45, 2.75) is 32.0 Å². The van der Waals surface area contributed by atoms with Crippen LogP contribution in [0.4, 0.5) is 0 Å². The summed E-state index contributed by atoms with van der Waals surface area (Å²) in [4.78, 5) is 40.2. The molecule has 1 saturated heterocycles. The topological polar surface area (TPSA) is 102 Å². The van der Waals surface area contributed by atoms with Crippen LogP contribution in [-0.2, 0) is 17.8 Å². The second-order valence-electron chi connectivity index (χ2n) is 8.61. The molecule has 8 nitrogen and oxygen atoms in total. The molecule has 0 saturated carbocycles. The number of hydrogen-bond acceptors (Lipinski definition) is 5. The molecule has 2 aliphatic rings. The van der Waals surface area contributed by atoms with Crippen LogP contribution in [0.3, 0.4) is 0 Å². The number of amides is 3. The van der Waals surface area contributed by atoms with Crippen LogP contribution >= 0.6 is 0 Å². The van der Waals surface area contributed by atoms with Crippen molar-refractivity contribution in [3.63, 3.8) is 0 Å². The van der Waals surface area contributed by atoms with E-state index in [9.17, 15) is 19.5 Å². The van der Waals surface area contributed by atoms with Gasteiger partial charge < -0.3 is 25.5 Å². The minimum Gasteiger partial charge on any atom is -0.390 e. The SMILES string of the molecule is CC(=O)N1CCN(C(=O)c2ccc(C(=O)NCC(O)[C@@H]3Cc4ccccc4CN3)cc2)CC1. The molecule has 1 fully saturated rings. The molecule has 3 amide bonds. The highest BCUT2D eigenvalue weighted by molar-refractivity contribution is 5.98. The van der Waals surface area contributed by atoms with Crippen LogP contribution in [0.1, 0.15) is 38.8 Å². The molecular weight excluding hydrogens is 420 g/mol. The lowest BCUT2D eigenvalue weighted by atomic mass is 9.93. The van der Waals surface area contributed by atoms with Crippen molar-refractivity contribution >= 4 is 17.7 Å². The Labute approximate surface area is 193 Å². The van der Waals surface area contributed by atoms with Gasteiger partial charge in [0.15, 0.2) is 0 Å². The second-order valence-corrected chi connectivity index (χ2v) is 8.61. The fourth-order valence-electron chi connectivity index (χ4n) is 4.36. The maximum absolute atomic E-state index is 12.7. The molecule has 0 aliphatic carbocycles. The molecule has 2 aromatic carbocycles. The summed E-state index contributed by atoms with van der Waals surface area (Å²) >= 11 is 0. The average molecular weight is 451 g/mol. The highest BCUT2D eigenvalue weighted by atomic mass is 16.3. The van der Waals surface area contributed by atoms with E-state index in [4.69, 9.17) is 0 Å². The molecule has 4 rings (SSSR count). The minimum absolute atomic E-state index is 0.0201. The highest BCUT2D eigenvalue weighted by Crippen LogP contribution is 2.18. The molecule has 33 heavy (non-hydrogen) atoms. The van der Waals surface area contributed by atoms with Gasteiger partial charge in [-0.2, -0.15) is 0 Å². The molecule has 0 radical (unpaired) electrons. The van der Waals surface area contributed by atoms with E-state index in [1.165, 1.54) is 18.1 Å². The van der Waals surface area contributed by atoms with Crippen LogP contribution in [0.5, 0.6) is 0 Å². The third-order valence-corrected chi connectivity index (χ3v) is 6.46. The van der Waals surface area contributed by atoms with Crippen molar-refractivity contribution in [3.05, 3.63) is 70.8 Å². The van der Waals surface area contributed by atoms with Crippen LogP contribution in [0.25, 0.3) is 0 Å². The van der Waals surface area contributed by atoms with E-state index in [1.807, 2.05) is 12.1 Å². The monoisotopic (exact) mass is 450 g/mol. The van der Waals surface area contributed by atoms with Crippen LogP contribution < -0.4 is 10.6 Å². The lowest BCUT2D eigenvalue weighted by molar-refractivity contribution is -0.130. The molecule has 174 valence electrons. The lowest BCUT2D eigenvalue weighted by Crippen LogP contribution is -2.50. The molecule has 2 atom stereocenters. The van der Waals surface area contributed by atoms with Gasteiger partial charge in [-0.1, -0.05) is 24.3 Å². The Morgan fingerprint density at radius 1 is 0.970 bits per heavy atom. The van der Waals surface area contributed by atoms with Crippen LogP contribution in [0.2, 0.25) is 0 Å². The number of nitrogens with zero attached hydrogens (tertiary/aromatic N) is 2. The van der Waals surface area contributed by atoms with Crippen LogP contribution in [0, 0.1) is 0 Å². The Kier molecular flexibility index (Phi) is 7.05. The lowest BCUT2D eigenvalue weighted by Gasteiger charge is -2.34. The second kappa shape index (κ2) is 10.1. The third-order valence-electron chi connectivity index (χ3n) is 6.46. The molecule has 0 aromatic heterocycles. The number of nitrogens with one attached hydrogen (secondary N) is 2. The van der Waals surface area contributed by atoms with Gasteiger partial charge in [0.1, 0.15) is 0 Å². The Hall–Kier alpha value is -3.23. The van der Waals surface area contributed by atoms with Gasteiger partial charge in [-0.3, -0.25) is 14.4 Å². The highest BCUT2D eigenvalue weighted by Gasteiger charge is 2.25. The molecular formula is C25H30N4O4. The summed E-state index contributed by atoms with van der Waals surface area (Å²) in [7, 11) is 0. The van der Waals surface area contributed by atoms with Crippen molar-refractivity contribution in [2.24, 2.45) is 0 Å². The maximum Gasteiger partial charge on any atom is 0.253 e. The molecule has 1 unspecified atom stereocenters. The summed E-state index contributed by atoms with van der Waals surface area (Å²) in [6.45, 7) is 4.43. The fraction of sp³-hybridized carbons (Fsp3) is 0.400. The number of aliphatic hydroxyl groups is 1. The summed E-state index contributed by atoms with van der Waals surface area (Å²) < 4.78 is 0. The van der Waals surface area contributed by atoms with E-state index in [2.05, 4.69) is 22.8 Å². The number of carbonyl (C=O) groups excluding carboxylic acids is 3. The zero-order valence-corrected chi connectivity index (χ0v) is 18.8. The van der Waals surface area contributed by atoms with Gasteiger partial charge in [0.25, 0.3) is 11.8 Å². The molecule has 2 heterocycles. The molecule has 8 heteroatoms. The summed E-state index contributed by atoms with van der Waals surface area (Å²) in [6, 6.07) is 14.6. The van der Waals surface area contributed by atoms with Gasteiger partial charge >= 0.3 is 0 Å². The summed E-state index contributed by atoms with van der Waals surface area (Å²) in [5.74, 6) is -0.379. The zero-order chi connectivity index (χ0) is 23.4. The standard InChI is InChI=1S/C25H30N4O4/c1-17(30)28-10-12-29(13-11-28)25(33)19-8-6-18(7-9-19)24(32)27-16-23(31)22-14-20-4-2-3-5-21(20)15-26-22/h2-9,22-23,26,31H,10-16H2,1H3,(H,27,32)/t22-,23?/m0/s1. The van der Waals surface area contributed by atoms with Crippen LogP contribution in [0.15, 0.2) is 48.5 Å². The molecule has 2 aliphatic heterocycles. The third kappa shape index (κ3) is 5.40. The average Bonchev–Trinajstić information content (AvgIpc) is 2.86. The van der Waals surface area contributed by atoms with Crippen molar-refractivity contribution < 1.29 is 19.5 Å². The van der Waals surface area contributed by atoms with Crippen LogP contribution in [-0.4, -0.2) is 77.5 Å². The number of carbonyl (C=O) groups is 3. The summed E-state index contributed by atoms with van der Waals surface area (Å²) in [5.41, 5.74) is 3.39. The van der Waals surface area contributed by atoms with Crippen molar-refractivity contribution in [1.29, 1.82) is 0 Å². The minimum atomic E-state index is -0.711. The Morgan fingerprint density at radius 3 is 2.24 bits per heavy atom. The Bertz CT molecular complexity index is 1020. The van der Waals surface area contributed by atoms with Gasteiger partial charge in [0, 0.05) is 63.4 Å². The largest absolute Gasteiger partial charge is 0.390 e. The first kappa shape index (κ1) is 22.9. The van der Waals surface area contributed by atoms with E-state index < -0.39 is 6.10 Å². The zero-order valence-electron chi connectivity index (χ0n) is 18.8. The number of rotatable bonds is 5.